The Balaban J connectivity index is 1.99. The molecule has 0 spiro atoms. The van der Waals surface area contributed by atoms with Gasteiger partial charge < -0.3 is 4.74 Å². The number of benzene rings is 1. The first-order valence-electron chi connectivity index (χ1n) is 7.99. The normalized spacial score (nSPS) is 11.0. The van der Waals surface area contributed by atoms with E-state index in [-0.39, 0.29) is 5.78 Å². The van der Waals surface area contributed by atoms with Gasteiger partial charge in [-0.3, -0.25) is 4.79 Å². The molecule has 2 aliphatic carbocycles. The maximum atomic E-state index is 12.7. The lowest BCUT2D eigenvalue weighted by molar-refractivity contribution is 0.0602. The largest absolute Gasteiger partial charge is 0.465 e. The Labute approximate surface area is 146 Å². The summed E-state index contributed by atoms with van der Waals surface area (Å²) in [5, 5.41) is 0. The standard InChI is InChI=1S/C22H18O3/c1-15-8-10-16(11-9-15)12-13-21(23)19-14-20(22(24)25-2)18-7-5-3-4-6-17(18)19/h3-14H,1-2H3/b13-12+. The topological polar surface area (TPSA) is 43.4 Å². The van der Waals surface area contributed by atoms with Crippen LogP contribution in [0, 0.1) is 6.92 Å². The fraction of sp³-hybridized carbons (Fsp3) is 0.0909. The molecule has 0 bridgehead atoms. The fourth-order valence-electron chi connectivity index (χ4n) is 2.74. The Hall–Kier alpha value is -3.20. The molecule has 1 aromatic rings. The first-order chi connectivity index (χ1) is 12.1. The molecule has 0 saturated carbocycles. The van der Waals surface area contributed by atoms with Crippen molar-refractivity contribution in [2.75, 3.05) is 7.11 Å². The van der Waals surface area contributed by atoms with Crippen LogP contribution in [0.1, 0.15) is 31.8 Å². The number of ether oxygens (including phenoxy) is 1. The summed E-state index contributed by atoms with van der Waals surface area (Å²) >= 11 is 0. The molecule has 3 rings (SSSR count). The van der Waals surface area contributed by atoms with Crippen LogP contribution in [-0.2, 0) is 4.74 Å². The van der Waals surface area contributed by atoms with E-state index in [9.17, 15) is 9.59 Å². The van der Waals surface area contributed by atoms with Gasteiger partial charge in [0.15, 0.2) is 5.78 Å². The van der Waals surface area contributed by atoms with E-state index in [1.54, 1.807) is 12.1 Å². The van der Waals surface area contributed by atoms with E-state index in [0.29, 0.717) is 16.7 Å². The van der Waals surface area contributed by atoms with Crippen LogP contribution in [0.25, 0.3) is 17.2 Å². The summed E-state index contributed by atoms with van der Waals surface area (Å²) in [6, 6.07) is 18.7. The maximum absolute atomic E-state index is 12.7. The lowest BCUT2D eigenvalue weighted by atomic mass is 10.0. The number of hydrogen-bond acceptors (Lipinski definition) is 3. The van der Waals surface area contributed by atoms with Crippen molar-refractivity contribution >= 4 is 17.8 Å². The van der Waals surface area contributed by atoms with E-state index in [0.717, 1.165) is 11.1 Å². The van der Waals surface area contributed by atoms with Crippen LogP contribution in [0.4, 0.5) is 0 Å². The Kier molecular flexibility index (Phi) is 4.75. The summed E-state index contributed by atoms with van der Waals surface area (Å²) in [6.45, 7) is 2.02. The van der Waals surface area contributed by atoms with E-state index < -0.39 is 5.97 Å². The second kappa shape index (κ2) is 7.14. The molecule has 0 unspecified atom stereocenters. The smallest absolute Gasteiger partial charge is 0.338 e. The number of ketones is 1. The Morgan fingerprint density at radius 3 is 2.16 bits per heavy atom. The number of methoxy groups -OCH3 is 1. The number of rotatable bonds is 4. The molecule has 0 atom stereocenters. The molecule has 0 aromatic heterocycles. The lowest BCUT2D eigenvalue weighted by Crippen LogP contribution is -2.00. The van der Waals surface area contributed by atoms with Gasteiger partial charge in [-0.15, -0.1) is 0 Å². The molecule has 0 radical (unpaired) electrons. The van der Waals surface area contributed by atoms with Crippen molar-refractivity contribution in [2.24, 2.45) is 0 Å². The molecule has 0 saturated heterocycles. The third kappa shape index (κ3) is 3.50. The predicted octanol–water partition coefficient (Wildman–Crippen LogP) is 4.78. The molecule has 0 amide bonds. The highest BCUT2D eigenvalue weighted by molar-refractivity contribution is 6.15. The van der Waals surface area contributed by atoms with Gasteiger partial charge in [0.1, 0.15) is 0 Å². The predicted molar refractivity (Wildman–Crippen MR) is 98.9 cm³/mol. The van der Waals surface area contributed by atoms with Gasteiger partial charge >= 0.3 is 5.97 Å². The zero-order chi connectivity index (χ0) is 17.8. The highest BCUT2D eigenvalue weighted by Gasteiger charge is 2.22. The first-order valence-corrected chi connectivity index (χ1v) is 7.99. The summed E-state index contributed by atoms with van der Waals surface area (Å²) in [6.07, 6.45) is 3.31. The minimum absolute atomic E-state index is 0.146. The van der Waals surface area contributed by atoms with Gasteiger partial charge in [0, 0.05) is 5.56 Å². The van der Waals surface area contributed by atoms with Crippen molar-refractivity contribution in [3.05, 3.63) is 89.0 Å². The SMILES string of the molecule is COC(=O)c1cc(C(=O)/C=C/c2ccc(C)cc2)c2cccccc1-2. The number of carbonyl (C=O) groups excluding carboxylic acids is 2. The van der Waals surface area contributed by atoms with Gasteiger partial charge in [-0.25, -0.2) is 4.79 Å². The number of esters is 1. The second-order valence-corrected chi connectivity index (χ2v) is 5.81. The van der Waals surface area contributed by atoms with Gasteiger partial charge in [0.2, 0.25) is 0 Å². The second-order valence-electron chi connectivity index (χ2n) is 5.81. The van der Waals surface area contributed by atoms with Crippen molar-refractivity contribution in [1.29, 1.82) is 0 Å². The van der Waals surface area contributed by atoms with Crippen molar-refractivity contribution in [1.82, 2.24) is 0 Å². The third-order valence-electron chi connectivity index (χ3n) is 4.08. The van der Waals surface area contributed by atoms with Crippen LogP contribution in [0.2, 0.25) is 0 Å². The minimum atomic E-state index is -0.447. The van der Waals surface area contributed by atoms with Crippen LogP contribution < -0.4 is 0 Å². The first kappa shape index (κ1) is 16.7. The molecule has 2 aliphatic rings. The number of aryl methyl sites for hydroxylation is 1. The molecule has 0 heterocycles. The lowest BCUT2D eigenvalue weighted by Gasteiger charge is -1.99. The van der Waals surface area contributed by atoms with E-state index in [1.165, 1.54) is 18.7 Å². The Morgan fingerprint density at radius 1 is 0.880 bits per heavy atom. The molecule has 1 aromatic carbocycles. The minimum Gasteiger partial charge on any atom is -0.465 e. The molecule has 0 aliphatic heterocycles. The summed E-state index contributed by atoms with van der Waals surface area (Å²) < 4.78 is 4.84. The highest BCUT2D eigenvalue weighted by Crippen LogP contribution is 2.32. The van der Waals surface area contributed by atoms with Crippen LogP contribution in [0.3, 0.4) is 0 Å². The Morgan fingerprint density at radius 2 is 1.52 bits per heavy atom. The maximum Gasteiger partial charge on any atom is 0.338 e. The Bertz CT molecular complexity index is 920. The van der Waals surface area contributed by atoms with Crippen LogP contribution in [-0.4, -0.2) is 18.9 Å². The fourth-order valence-corrected chi connectivity index (χ4v) is 2.74. The van der Waals surface area contributed by atoms with Gasteiger partial charge in [0.25, 0.3) is 0 Å². The number of fused-ring (bicyclic) bond motifs is 1. The summed E-state index contributed by atoms with van der Waals surface area (Å²) in [4.78, 5) is 24.7. The van der Waals surface area contributed by atoms with Crippen LogP contribution in [0.15, 0.2) is 66.7 Å². The monoisotopic (exact) mass is 330 g/mol. The number of hydrogen-bond donors (Lipinski definition) is 0. The van der Waals surface area contributed by atoms with Gasteiger partial charge in [0.05, 0.1) is 12.7 Å². The molecule has 3 nitrogen and oxygen atoms in total. The van der Waals surface area contributed by atoms with Crippen molar-refractivity contribution < 1.29 is 14.3 Å². The van der Waals surface area contributed by atoms with Gasteiger partial charge in [-0.1, -0.05) is 66.2 Å². The number of carbonyl (C=O) groups is 2. The zero-order valence-corrected chi connectivity index (χ0v) is 14.2. The molecule has 124 valence electrons. The third-order valence-corrected chi connectivity index (χ3v) is 4.08. The average molecular weight is 330 g/mol. The van der Waals surface area contributed by atoms with Gasteiger partial charge in [-0.05, 0) is 35.8 Å². The average Bonchev–Trinajstić information content (AvgIpc) is 2.82. The molecule has 25 heavy (non-hydrogen) atoms. The highest BCUT2D eigenvalue weighted by atomic mass is 16.5. The zero-order valence-electron chi connectivity index (χ0n) is 14.2. The van der Waals surface area contributed by atoms with E-state index in [2.05, 4.69) is 0 Å². The van der Waals surface area contributed by atoms with E-state index >= 15 is 0 Å². The quantitative estimate of drug-likeness (QED) is 0.393. The van der Waals surface area contributed by atoms with E-state index in [4.69, 9.17) is 4.74 Å². The van der Waals surface area contributed by atoms with Crippen LogP contribution in [0.5, 0.6) is 0 Å². The molecule has 0 fully saturated rings. The van der Waals surface area contributed by atoms with Crippen molar-refractivity contribution in [3.8, 4) is 11.1 Å². The van der Waals surface area contributed by atoms with Crippen molar-refractivity contribution in [2.45, 2.75) is 6.92 Å². The van der Waals surface area contributed by atoms with E-state index in [1.807, 2.05) is 61.5 Å². The summed E-state index contributed by atoms with van der Waals surface area (Å²) in [5.41, 5.74) is 4.47. The number of allylic oxidation sites excluding steroid dienone is 1. The summed E-state index contributed by atoms with van der Waals surface area (Å²) in [7, 11) is 1.34. The molecular formula is C22H18O3. The molecule has 3 heteroatoms. The summed E-state index contributed by atoms with van der Waals surface area (Å²) in [5.74, 6) is -0.593. The van der Waals surface area contributed by atoms with Gasteiger partial charge in [-0.2, -0.15) is 0 Å². The molecular weight excluding hydrogens is 312 g/mol. The van der Waals surface area contributed by atoms with Crippen molar-refractivity contribution in [3.63, 3.8) is 0 Å². The molecule has 0 N–H and O–H groups in total. The van der Waals surface area contributed by atoms with Crippen LogP contribution >= 0.6 is 0 Å².